The van der Waals surface area contributed by atoms with Gasteiger partial charge >= 0.3 is 0 Å². The number of aryl methyl sites for hydroxylation is 1. The van der Waals surface area contributed by atoms with Crippen LogP contribution in [-0.4, -0.2) is 23.9 Å². The SMILES string of the molecule is Cc1ccccc1[C@H]1CCN(C(=O)c2cccc(CC#N)c2)C1. The number of likely N-dealkylation sites (tertiary alicyclic amines) is 1. The minimum absolute atomic E-state index is 0.0703. The van der Waals surface area contributed by atoms with Gasteiger partial charge in [0.2, 0.25) is 0 Å². The van der Waals surface area contributed by atoms with Gasteiger partial charge in [0.15, 0.2) is 0 Å². The Balaban J connectivity index is 1.74. The third-order valence-electron chi connectivity index (χ3n) is 4.56. The first-order valence-corrected chi connectivity index (χ1v) is 7.99. The standard InChI is InChI=1S/C20H20N2O/c1-15-5-2-3-8-19(15)18-10-12-22(14-18)20(23)17-7-4-6-16(13-17)9-11-21/h2-8,13,18H,9-10,12,14H2,1H3/t18-/m0/s1. The van der Waals surface area contributed by atoms with Crippen molar-refractivity contribution in [2.75, 3.05) is 13.1 Å². The lowest BCUT2D eigenvalue weighted by atomic mass is 9.94. The van der Waals surface area contributed by atoms with Crippen molar-refractivity contribution in [3.05, 3.63) is 70.8 Å². The second-order valence-electron chi connectivity index (χ2n) is 6.13. The van der Waals surface area contributed by atoms with Crippen molar-refractivity contribution >= 4 is 5.91 Å². The number of carbonyl (C=O) groups excluding carboxylic acids is 1. The van der Waals surface area contributed by atoms with E-state index in [-0.39, 0.29) is 5.91 Å². The molecular weight excluding hydrogens is 284 g/mol. The lowest BCUT2D eigenvalue weighted by molar-refractivity contribution is 0.0790. The molecule has 0 saturated carbocycles. The lowest BCUT2D eigenvalue weighted by Gasteiger charge is -2.18. The largest absolute Gasteiger partial charge is 0.338 e. The molecule has 116 valence electrons. The van der Waals surface area contributed by atoms with Crippen molar-refractivity contribution < 1.29 is 4.79 Å². The molecule has 3 heteroatoms. The van der Waals surface area contributed by atoms with Crippen molar-refractivity contribution in [3.63, 3.8) is 0 Å². The normalized spacial score (nSPS) is 17.0. The first-order chi connectivity index (χ1) is 11.2. The van der Waals surface area contributed by atoms with Crippen LogP contribution in [0, 0.1) is 18.3 Å². The third kappa shape index (κ3) is 3.27. The van der Waals surface area contributed by atoms with Crippen molar-refractivity contribution in [1.29, 1.82) is 5.26 Å². The molecule has 0 unspecified atom stereocenters. The summed E-state index contributed by atoms with van der Waals surface area (Å²) in [6, 6.07) is 18.0. The molecule has 1 amide bonds. The molecule has 3 rings (SSSR count). The van der Waals surface area contributed by atoms with Gasteiger partial charge in [0, 0.05) is 24.6 Å². The molecule has 0 aromatic heterocycles. The lowest BCUT2D eigenvalue weighted by Crippen LogP contribution is -2.28. The molecule has 1 heterocycles. The second kappa shape index (κ2) is 6.66. The molecule has 0 radical (unpaired) electrons. The van der Waals surface area contributed by atoms with Crippen LogP contribution in [0.3, 0.4) is 0 Å². The number of rotatable bonds is 3. The Morgan fingerprint density at radius 2 is 2.09 bits per heavy atom. The smallest absolute Gasteiger partial charge is 0.253 e. The highest BCUT2D eigenvalue weighted by Gasteiger charge is 2.28. The van der Waals surface area contributed by atoms with E-state index >= 15 is 0 Å². The second-order valence-corrected chi connectivity index (χ2v) is 6.13. The summed E-state index contributed by atoms with van der Waals surface area (Å²) < 4.78 is 0. The summed E-state index contributed by atoms with van der Waals surface area (Å²) in [6.45, 7) is 3.69. The summed E-state index contributed by atoms with van der Waals surface area (Å²) in [5.74, 6) is 0.489. The van der Waals surface area contributed by atoms with E-state index in [0.29, 0.717) is 17.9 Å². The Kier molecular flexibility index (Phi) is 4.43. The summed E-state index contributed by atoms with van der Waals surface area (Å²) >= 11 is 0. The number of nitrogens with zero attached hydrogens (tertiary/aromatic N) is 2. The van der Waals surface area contributed by atoms with E-state index < -0.39 is 0 Å². The van der Waals surface area contributed by atoms with Crippen LogP contribution >= 0.6 is 0 Å². The molecule has 0 N–H and O–H groups in total. The van der Waals surface area contributed by atoms with Gasteiger partial charge in [-0.15, -0.1) is 0 Å². The van der Waals surface area contributed by atoms with E-state index in [2.05, 4.69) is 37.3 Å². The maximum atomic E-state index is 12.7. The molecule has 2 aromatic rings. The summed E-state index contributed by atoms with van der Waals surface area (Å²) in [4.78, 5) is 14.6. The molecule has 3 nitrogen and oxygen atoms in total. The number of amides is 1. The highest BCUT2D eigenvalue weighted by atomic mass is 16.2. The Morgan fingerprint density at radius 1 is 1.26 bits per heavy atom. The number of hydrogen-bond donors (Lipinski definition) is 0. The Hall–Kier alpha value is -2.60. The monoisotopic (exact) mass is 304 g/mol. The molecule has 1 aliphatic heterocycles. The van der Waals surface area contributed by atoms with Gasteiger partial charge in [-0.3, -0.25) is 4.79 Å². The quantitative estimate of drug-likeness (QED) is 0.868. The molecular formula is C20H20N2O. The van der Waals surface area contributed by atoms with E-state index in [0.717, 1.165) is 25.1 Å². The van der Waals surface area contributed by atoms with Gasteiger partial charge in [0.25, 0.3) is 5.91 Å². The molecule has 23 heavy (non-hydrogen) atoms. The first-order valence-electron chi connectivity index (χ1n) is 7.99. The average molecular weight is 304 g/mol. The van der Waals surface area contributed by atoms with Gasteiger partial charge in [-0.05, 0) is 42.2 Å². The van der Waals surface area contributed by atoms with Gasteiger partial charge < -0.3 is 4.90 Å². The highest BCUT2D eigenvalue weighted by molar-refractivity contribution is 5.94. The van der Waals surface area contributed by atoms with E-state index in [1.807, 2.05) is 29.2 Å². The van der Waals surface area contributed by atoms with Crippen LogP contribution < -0.4 is 0 Å². The first kappa shape index (κ1) is 15.3. The topological polar surface area (TPSA) is 44.1 Å². The molecule has 0 bridgehead atoms. The Morgan fingerprint density at radius 3 is 2.87 bits per heavy atom. The fourth-order valence-electron chi connectivity index (χ4n) is 3.33. The van der Waals surface area contributed by atoms with Crippen molar-refractivity contribution in [3.8, 4) is 6.07 Å². The van der Waals surface area contributed by atoms with Crippen molar-refractivity contribution in [1.82, 2.24) is 4.90 Å². The van der Waals surface area contributed by atoms with Crippen molar-refractivity contribution in [2.45, 2.75) is 25.7 Å². The predicted octanol–water partition coefficient (Wildman–Crippen LogP) is 3.69. The predicted molar refractivity (Wildman–Crippen MR) is 90.2 cm³/mol. The zero-order valence-electron chi connectivity index (χ0n) is 13.3. The van der Waals surface area contributed by atoms with E-state index in [1.165, 1.54) is 11.1 Å². The minimum Gasteiger partial charge on any atom is -0.338 e. The molecule has 1 saturated heterocycles. The van der Waals surface area contributed by atoms with E-state index in [1.54, 1.807) is 0 Å². The van der Waals surface area contributed by atoms with E-state index in [4.69, 9.17) is 5.26 Å². The van der Waals surface area contributed by atoms with Crippen LogP contribution in [0.2, 0.25) is 0 Å². The van der Waals surface area contributed by atoms with Gasteiger partial charge in [-0.2, -0.15) is 5.26 Å². The van der Waals surface area contributed by atoms with Crippen molar-refractivity contribution in [2.24, 2.45) is 0 Å². The number of benzene rings is 2. The Labute approximate surface area is 137 Å². The summed E-state index contributed by atoms with van der Waals surface area (Å²) in [6.07, 6.45) is 1.35. The molecule has 1 fully saturated rings. The van der Waals surface area contributed by atoms with Crippen LogP contribution in [0.4, 0.5) is 0 Å². The van der Waals surface area contributed by atoms with Gasteiger partial charge in [0.1, 0.15) is 0 Å². The molecule has 2 aromatic carbocycles. The number of nitriles is 1. The molecule has 0 spiro atoms. The fourth-order valence-corrected chi connectivity index (χ4v) is 3.33. The zero-order valence-corrected chi connectivity index (χ0v) is 13.3. The maximum Gasteiger partial charge on any atom is 0.253 e. The summed E-state index contributed by atoms with van der Waals surface area (Å²) in [5, 5.41) is 8.80. The van der Waals surface area contributed by atoms with Gasteiger partial charge in [-0.25, -0.2) is 0 Å². The Bertz CT molecular complexity index is 760. The summed E-state index contributed by atoms with van der Waals surface area (Å²) in [5.41, 5.74) is 4.22. The van der Waals surface area contributed by atoms with Gasteiger partial charge in [-0.1, -0.05) is 36.4 Å². The number of hydrogen-bond acceptors (Lipinski definition) is 2. The molecule has 1 aliphatic rings. The fraction of sp³-hybridized carbons (Fsp3) is 0.300. The van der Waals surface area contributed by atoms with Crippen LogP contribution in [0.15, 0.2) is 48.5 Å². The van der Waals surface area contributed by atoms with Gasteiger partial charge in [0.05, 0.1) is 12.5 Å². The maximum absolute atomic E-state index is 12.7. The highest BCUT2D eigenvalue weighted by Crippen LogP contribution is 2.30. The zero-order chi connectivity index (χ0) is 16.2. The number of carbonyl (C=O) groups is 1. The van der Waals surface area contributed by atoms with E-state index in [9.17, 15) is 4.79 Å². The third-order valence-corrected chi connectivity index (χ3v) is 4.56. The van der Waals surface area contributed by atoms with Crippen LogP contribution in [0.1, 0.15) is 39.4 Å². The van der Waals surface area contributed by atoms with Crippen LogP contribution in [0.25, 0.3) is 0 Å². The molecule has 0 aliphatic carbocycles. The minimum atomic E-state index is 0.0703. The molecule has 1 atom stereocenters. The van der Waals surface area contributed by atoms with Crippen LogP contribution in [-0.2, 0) is 6.42 Å². The summed E-state index contributed by atoms with van der Waals surface area (Å²) in [7, 11) is 0. The van der Waals surface area contributed by atoms with Crippen LogP contribution in [0.5, 0.6) is 0 Å². The average Bonchev–Trinajstić information content (AvgIpc) is 3.05.